The van der Waals surface area contributed by atoms with Crippen molar-refractivity contribution in [2.75, 3.05) is 6.54 Å². The first-order valence-corrected chi connectivity index (χ1v) is 8.87. The van der Waals surface area contributed by atoms with E-state index in [0.717, 1.165) is 15.9 Å². The summed E-state index contributed by atoms with van der Waals surface area (Å²) < 4.78 is 14.8. The van der Waals surface area contributed by atoms with Crippen LogP contribution in [0.1, 0.15) is 29.2 Å². The van der Waals surface area contributed by atoms with Crippen LogP contribution in [0.5, 0.6) is 0 Å². The van der Waals surface area contributed by atoms with Crippen molar-refractivity contribution in [3.05, 3.63) is 46.7 Å². The molecule has 0 bridgehead atoms. The van der Waals surface area contributed by atoms with Crippen LogP contribution in [0.4, 0.5) is 4.39 Å². The number of carboxylic acid groups (broad SMARTS) is 1. The summed E-state index contributed by atoms with van der Waals surface area (Å²) in [5.74, 6) is -1.72. The molecule has 0 aliphatic carbocycles. The molecule has 0 aliphatic heterocycles. The molecule has 0 fully saturated rings. The Morgan fingerprint density at radius 3 is 2.54 bits per heavy atom. The van der Waals surface area contributed by atoms with Gasteiger partial charge in [0.2, 0.25) is 0 Å². The van der Waals surface area contributed by atoms with Gasteiger partial charge in [-0.15, -0.1) is 11.3 Å². The minimum Gasteiger partial charge on any atom is -0.480 e. The van der Waals surface area contributed by atoms with Crippen LogP contribution in [0.25, 0.3) is 15.9 Å². The maximum atomic E-state index is 13.2. The summed E-state index contributed by atoms with van der Waals surface area (Å²) in [6, 6.07) is 7.44. The van der Waals surface area contributed by atoms with Gasteiger partial charge in [-0.1, -0.05) is 0 Å². The fraction of sp³-hybridized carbons (Fsp3) is 0.278. The summed E-state index contributed by atoms with van der Waals surface area (Å²) in [7, 11) is 0. The normalized spacial score (nSPS) is 11.3. The highest BCUT2D eigenvalue weighted by Crippen LogP contribution is 2.31. The molecule has 1 N–H and O–H groups in total. The van der Waals surface area contributed by atoms with Crippen molar-refractivity contribution in [3.63, 3.8) is 0 Å². The molecule has 3 rings (SSSR count). The van der Waals surface area contributed by atoms with Gasteiger partial charge in [-0.3, -0.25) is 9.59 Å². The number of aromatic nitrogens is 2. The summed E-state index contributed by atoms with van der Waals surface area (Å²) >= 11 is 1.25. The molecule has 0 saturated carbocycles. The van der Waals surface area contributed by atoms with E-state index in [4.69, 9.17) is 5.11 Å². The lowest BCUT2D eigenvalue weighted by atomic mass is 10.2. The SMILES string of the molecule is Cc1nn(-c2ccc(F)cc2)c2sc(C(=O)N(CC(=O)O)C(C)C)cc12. The van der Waals surface area contributed by atoms with E-state index in [-0.39, 0.29) is 24.3 Å². The lowest BCUT2D eigenvalue weighted by Crippen LogP contribution is -2.40. The second-order valence-corrected chi connectivity index (χ2v) is 7.25. The first-order chi connectivity index (χ1) is 12.3. The van der Waals surface area contributed by atoms with Crippen molar-refractivity contribution >= 4 is 33.4 Å². The van der Waals surface area contributed by atoms with Crippen LogP contribution < -0.4 is 0 Å². The third kappa shape index (κ3) is 3.32. The number of fused-ring (bicyclic) bond motifs is 1. The van der Waals surface area contributed by atoms with Gasteiger partial charge in [-0.2, -0.15) is 5.10 Å². The fourth-order valence-electron chi connectivity index (χ4n) is 2.69. The van der Waals surface area contributed by atoms with E-state index < -0.39 is 5.97 Å². The molecule has 0 aliphatic rings. The number of benzene rings is 1. The molecule has 2 heterocycles. The molecule has 1 amide bonds. The molecule has 0 saturated heterocycles. The van der Waals surface area contributed by atoms with Crippen molar-refractivity contribution in [3.8, 4) is 5.69 Å². The Balaban J connectivity index is 2.04. The molecule has 136 valence electrons. The van der Waals surface area contributed by atoms with Crippen molar-refractivity contribution < 1.29 is 19.1 Å². The lowest BCUT2D eigenvalue weighted by Gasteiger charge is -2.24. The van der Waals surface area contributed by atoms with Crippen molar-refractivity contribution in [1.82, 2.24) is 14.7 Å². The molecule has 3 aromatic rings. The summed E-state index contributed by atoms with van der Waals surface area (Å²) in [5.41, 5.74) is 1.44. The van der Waals surface area contributed by atoms with Gasteiger partial charge in [0.15, 0.2) is 0 Å². The molecule has 0 unspecified atom stereocenters. The molecule has 0 atom stereocenters. The molecule has 0 radical (unpaired) electrons. The van der Waals surface area contributed by atoms with Gasteiger partial charge in [-0.25, -0.2) is 9.07 Å². The summed E-state index contributed by atoms with van der Waals surface area (Å²) in [6.07, 6.45) is 0. The molecule has 1 aromatic carbocycles. The number of aliphatic carboxylic acids is 1. The smallest absolute Gasteiger partial charge is 0.323 e. The molecule has 8 heteroatoms. The Morgan fingerprint density at radius 1 is 1.31 bits per heavy atom. The minimum absolute atomic E-state index is 0.237. The highest BCUT2D eigenvalue weighted by atomic mass is 32.1. The molecule has 2 aromatic heterocycles. The van der Waals surface area contributed by atoms with E-state index in [0.29, 0.717) is 10.6 Å². The number of carboxylic acids is 1. The van der Waals surface area contributed by atoms with Crippen LogP contribution in [0, 0.1) is 12.7 Å². The highest BCUT2D eigenvalue weighted by Gasteiger charge is 2.24. The van der Waals surface area contributed by atoms with Gasteiger partial charge >= 0.3 is 5.97 Å². The van der Waals surface area contributed by atoms with Gasteiger partial charge in [0.1, 0.15) is 17.2 Å². The number of amides is 1. The predicted molar refractivity (Wildman–Crippen MR) is 97.5 cm³/mol. The van der Waals surface area contributed by atoms with Crippen LogP contribution >= 0.6 is 11.3 Å². The van der Waals surface area contributed by atoms with E-state index in [9.17, 15) is 14.0 Å². The number of hydrogen-bond acceptors (Lipinski definition) is 4. The number of carbonyl (C=O) groups is 2. The van der Waals surface area contributed by atoms with Gasteiger partial charge in [0, 0.05) is 11.4 Å². The highest BCUT2D eigenvalue weighted by molar-refractivity contribution is 7.20. The first-order valence-electron chi connectivity index (χ1n) is 8.05. The van der Waals surface area contributed by atoms with Crippen LogP contribution in [-0.2, 0) is 4.79 Å². The number of thiophene rings is 1. The van der Waals surface area contributed by atoms with Crippen LogP contribution in [0.15, 0.2) is 30.3 Å². The second-order valence-electron chi connectivity index (χ2n) is 6.22. The average Bonchev–Trinajstić information content (AvgIpc) is 3.13. The van der Waals surface area contributed by atoms with Gasteiger partial charge < -0.3 is 10.0 Å². The Bertz CT molecular complexity index is 976. The van der Waals surface area contributed by atoms with E-state index in [2.05, 4.69) is 5.10 Å². The maximum absolute atomic E-state index is 13.2. The Hall–Kier alpha value is -2.74. The van der Waals surface area contributed by atoms with Gasteiger partial charge in [0.25, 0.3) is 5.91 Å². The zero-order valence-electron chi connectivity index (χ0n) is 14.6. The van der Waals surface area contributed by atoms with Crippen LogP contribution in [0.2, 0.25) is 0 Å². The molecular weight excluding hydrogens is 357 g/mol. The zero-order chi connectivity index (χ0) is 19.0. The summed E-state index contributed by atoms with van der Waals surface area (Å²) in [4.78, 5) is 26.4. The number of carbonyl (C=O) groups excluding carboxylic acids is 1. The number of rotatable bonds is 5. The van der Waals surface area contributed by atoms with Crippen molar-refractivity contribution in [2.24, 2.45) is 0 Å². The number of aryl methyl sites for hydroxylation is 1. The monoisotopic (exact) mass is 375 g/mol. The van der Waals surface area contributed by atoms with Crippen molar-refractivity contribution in [1.29, 1.82) is 0 Å². The quantitative estimate of drug-likeness (QED) is 0.741. The van der Waals surface area contributed by atoms with E-state index in [1.165, 1.54) is 28.4 Å². The molecule has 26 heavy (non-hydrogen) atoms. The topological polar surface area (TPSA) is 75.4 Å². The largest absolute Gasteiger partial charge is 0.480 e. The average molecular weight is 375 g/mol. The lowest BCUT2D eigenvalue weighted by molar-refractivity contribution is -0.138. The zero-order valence-corrected chi connectivity index (χ0v) is 15.4. The molecule has 6 nitrogen and oxygen atoms in total. The maximum Gasteiger partial charge on any atom is 0.323 e. The molecule has 0 spiro atoms. The fourth-order valence-corrected chi connectivity index (χ4v) is 3.82. The van der Waals surface area contributed by atoms with Crippen LogP contribution in [-0.4, -0.2) is 44.3 Å². The number of hydrogen-bond donors (Lipinski definition) is 1. The number of halogens is 1. The molecular formula is C18H18FN3O3S. The Labute approximate surface area is 153 Å². The third-order valence-electron chi connectivity index (χ3n) is 4.02. The van der Waals surface area contributed by atoms with Gasteiger partial charge in [-0.05, 0) is 51.1 Å². The summed E-state index contributed by atoms with van der Waals surface area (Å²) in [6.45, 7) is 5.04. The Morgan fingerprint density at radius 2 is 1.96 bits per heavy atom. The van der Waals surface area contributed by atoms with E-state index in [1.807, 2.05) is 6.92 Å². The van der Waals surface area contributed by atoms with Crippen LogP contribution in [0.3, 0.4) is 0 Å². The van der Waals surface area contributed by atoms with E-state index in [1.54, 1.807) is 36.7 Å². The van der Waals surface area contributed by atoms with Crippen molar-refractivity contribution in [2.45, 2.75) is 26.8 Å². The number of nitrogens with zero attached hydrogens (tertiary/aromatic N) is 3. The summed E-state index contributed by atoms with van der Waals surface area (Å²) in [5, 5.41) is 14.3. The standard InChI is InChI=1S/C18H18FN3O3S/c1-10(2)21(9-16(23)24)17(25)15-8-14-11(3)20-22(18(14)26-15)13-6-4-12(19)5-7-13/h4-8,10H,9H2,1-3H3,(H,23,24). The van der Waals surface area contributed by atoms with E-state index >= 15 is 0 Å². The second kappa shape index (κ2) is 6.87. The van der Waals surface area contributed by atoms with Gasteiger partial charge in [0.05, 0.1) is 16.3 Å². The Kier molecular flexibility index (Phi) is 4.78. The predicted octanol–water partition coefficient (Wildman–Crippen LogP) is 3.47. The minimum atomic E-state index is -1.05. The third-order valence-corrected chi connectivity index (χ3v) is 5.12. The first kappa shape index (κ1) is 18.1.